The Labute approximate surface area is 65.6 Å². The van der Waals surface area contributed by atoms with Gasteiger partial charge in [-0.15, -0.1) is 0 Å². The molecule has 0 unspecified atom stereocenters. The molecular formula is C7H19BN2. The molecule has 0 radical (unpaired) electrons. The molecule has 0 heterocycles. The zero-order valence-corrected chi connectivity index (χ0v) is 7.89. The zero-order valence-electron chi connectivity index (χ0n) is 7.89. The Morgan fingerprint density at radius 1 is 1.10 bits per heavy atom. The van der Waals surface area contributed by atoms with Crippen LogP contribution in [0.5, 0.6) is 0 Å². The highest BCUT2D eigenvalue weighted by molar-refractivity contribution is 6.08. The van der Waals surface area contributed by atoms with E-state index in [0.717, 1.165) is 0 Å². The first-order valence-electron chi connectivity index (χ1n) is 3.92. The summed E-state index contributed by atoms with van der Waals surface area (Å²) < 4.78 is 0. The predicted molar refractivity (Wildman–Crippen MR) is 49.1 cm³/mol. The summed E-state index contributed by atoms with van der Waals surface area (Å²) in [6.07, 6.45) is 3.10. The van der Waals surface area contributed by atoms with Crippen molar-refractivity contribution in [3.05, 3.63) is 0 Å². The molecule has 0 aromatic heterocycles. The highest BCUT2D eigenvalue weighted by Crippen LogP contribution is 2.03. The Bertz CT molecular complexity index is 75.7. The molecule has 3 heteroatoms. The van der Waals surface area contributed by atoms with E-state index in [4.69, 9.17) is 0 Å². The molecule has 0 fully saturated rings. The molecule has 0 N–H and O–H groups in total. The van der Waals surface area contributed by atoms with E-state index >= 15 is 0 Å². The topological polar surface area (TPSA) is 6.48 Å². The third-order valence-corrected chi connectivity index (χ3v) is 1.74. The number of hydrogen-bond donors (Lipinski definition) is 0. The summed E-state index contributed by atoms with van der Waals surface area (Å²) in [5, 5.41) is 0. The van der Waals surface area contributed by atoms with Crippen molar-refractivity contribution in [1.82, 2.24) is 9.80 Å². The van der Waals surface area contributed by atoms with Crippen LogP contribution in [0.1, 0.15) is 6.42 Å². The molecule has 0 atom stereocenters. The number of hydrogen-bond acceptors (Lipinski definition) is 2. The van der Waals surface area contributed by atoms with Gasteiger partial charge >= 0.3 is 0 Å². The first-order valence-corrected chi connectivity index (χ1v) is 3.92. The average molecular weight is 142 g/mol. The number of nitrogens with zero attached hydrogens (tertiary/aromatic N) is 2. The Morgan fingerprint density at radius 3 is 1.60 bits per heavy atom. The Hall–Kier alpha value is -0.0151. The van der Waals surface area contributed by atoms with E-state index in [0.29, 0.717) is 6.17 Å². The van der Waals surface area contributed by atoms with Crippen molar-refractivity contribution < 1.29 is 0 Å². The van der Waals surface area contributed by atoms with Crippen molar-refractivity contribution in [2.45, 2.75) is 18.9 Å². The maximum Gasteiger partial charge on any atom is 0.101 e. The van der Waals surface area contributed by atoms with E-state index in [-0.39, 0.29) is 0 Å². The van der Waals surface area contributed by atoms with E-state index in [1.807, 2.05) is 0 Å². The molecule has 0 aliphatic carbocycles. The summed E-state index contributed by atoms with van der Waals surface area (Å²) in [7, 11) is 10.7. The van der Waals surface area contributed by atoms with Crippen LogP contribution in [0.3, 0.4) is 0 Å². The summed E-state index contributed by atoms with van der Waals surface area (Å²) >= 11 is 0. The lowest BCUT2D eigenvalue weighted by Gasteiger charge is -2.30. The molecule has 0 saturated heterocycles. The van der Waals surface area contributed by atoms with Gasteiger partial charge in [-0.3, -0.25) is 9.80 Å². The lowest BCUT2D eigenvalue weighted by atomic mass is 10.00. The van der Waals surface area contributed by atoms with Gasteiger partial charge in [0.15, 0.2) is 0 Å². The Morgan fingerprint density at radius 2 is 1.50 bits per heavy atom. The monoisotopic (exact) mass is 142 g/mol. The van der Waals surface area contributed by atoms with Crippen molar-refractivity contribution in [3.63, 3.8) is 0 Å². The van der Waals surface area contributed by atoms with Gasteiger partial charge in [-0.2, -0.15) is 0 Å². The normalized spacial score (nSPS) is 11.9. The molecule has 0 aliphatic rings. The van der Waals surface area contributed by atoms with Crippen LogP contribution >= 0.6 is 0 Å². The van der Waals surface area contributed by atoms with Gasteiger partial charge in [0.1, 0.15) is 7.85 Å². The molecule has 0 spiro atoms. The molecule has 0 rings (SSSR count). The van der Waals surface area contributed by atoms with Gasteiger partial charge in [-0.05, 0) is 34.6 Å². The van der Waals surface area contributed by atoms with E-state index in [9.17, 15) is 0 Å². The van der Waals surface area contributed by atoms with Gasteiger partial charge in [0, 0.05) is 0 Å². The summed E-state index contributed by atoms with van der Waals surface area (Å²) in [6.45, 7) is 0. The molecule has 0 saturated carbocycles. The minimum absolute atomic E-state index is 0.602. The second-order valence-corrected chi connectivity index (χ2v) is 3.20. The van der Waals surface area contributed by atoms with Crippen LogP contribution in [0, 0.1) is 0 Å². The average Bonchev–Trinajstić information content (AvgIpc) is 1.81. The molecule has 0 aromatic rings. The standard InChI is InChI=1S/C7H19BN2/c1-9(2)7(5-6-8)10(3)4/h7H,5-6,8H2,1-4H3. The fourth-order valence-electron chi connectivity index (χ4n) is 1.24. The van der Waals surface area contributed by atoms with Crippen molar-refractivity contribution in [2.75, 3.05) is 28.2 Å². The second-order valence-electron chi connectivity index (χ2n) is 3.20. The van der Waals surface area contributed by atoms with Gasteiger partial charge in [0.05, 0.1) is 6.17 Å². The third-order valence-electron chi connectivity index (χ3n) is 1.74. The fourth-order valence-corrected chi connectivity index (χ4v) is 1.24. The highest BCUT2D eigenvalue weighted by atomic mass is 15.3. The fraction of sp³-hybridized carbons (Fsp3) is 1.00. The summed E-state index contributed by atoms with van der Waals surface area (Å²) in [4.78, 5) is 4.51. The quantitative estimate of drug-likeness (QED) is 0.398. The van der Waals surface area contributed by atoms with Crippen LogP contribution in [0.2, 0.25) is 6.32 Å². The van der Waals surface area contributed by atoms with E-state index in [1.54, 1.807) is 0 Å². The highest BCUT2D eigenvalue weighted by Gasteiger charge is 2.10. The maximum atomic E-state index is 2.25. The van der Waals surface area contributed by atoms with E-state index in [1.165, 1.54) is 12.7 Å². The summed E-state index contributed by atoms with van der Waals surface area (Å²) in [6, 6.07) is 0. The molecule has 2 nitrogen and oxygen atoms in total. The molecule has 0 amide bonds. The van der Waals surface area contributed by atoms with Crippen LogP contribution in [-0.2, 0) is 0 Å². The molecule has 0 bridgehead atoms. The van der Waals surface area contributed by atoms with Crippen LogP contribution < -0.4 is 0 Å². The lowest BCUT2D eigenvalue weighted by Crippen LogP contribution is -2.40. The summed E-state index contributed by atoms with van der Waals surface area (Å²) in [5.41, 5.74) is 0. The van der Waals surface area contributed by atoms with Crippen LogP contribution in [0.25, 0.3) is 0 Å². The van der Waals surface area contributed by atoms with E-state index < -0.39 is 0 Å². The SMILES string of the molecule is BCCC(N(C)C)N(C)C. The molecule has 10 heavy (non-hydrogen) atoms. The number of rotatable bonds is 4. The van der Waals surface area contributed by atoms with E-state index in [2.05, 4.69) is 45.8 Å². The molecular weight excluding hydrogens is 123 g/mol. The Kier molecular flexibility index (Phi) is 4.74. The molecule has 0 aliphatic heterocycles. The van der Waals surface area contributed by atoms with Gasteiger partial charge in [0.25, 0.3) is 0 Å². The second kappa shape index (κ2) is 4.75. The Balaban J connectivity index is 3.73. The van der Waals surface area contributed by atoms with Crippen LogP contribution in [0.15, 0.2) is 0 Å². The van der Waals surface area contributed by atoms with Crippen LogP contribution in [0.4, 0.5) is 0 Å². The minimum Gasteiger partial charge on any atom is -0.294 e. The summed E-state index contributed by atoms with van der Waals surface area (Å²) in [5.74, 6) is 0. The maximum absolute atomic E-state index is 2.25. The zero-order chi connectivity index (χ0) is 8.15. The van der Waals surface area contributed by atoms with Gasteiger partial charge < -0.3 is 0 Å². The lowest BCUT2D eigenvalue weighted by molar-refractivity contribution is 0.125. The first kappa shape index (κ1) is 9.98. The predicted octanol–water partition coefficient (Wildman–Crippen LogP) is -0.123. The van der Waals surface area contributed by atoms with Crippen molar-refractivity contribution in [3.8, 4) is 0 Å². The van der Waals surface area contributed by atoms with Crippen LogP contribution in [-0.4, -0.2) is 52.0 Å². The van der Waals surface area contributed by atoms with Crippen molar-refractivity contribution in [2.24, 2.45) is 0 Å². The molecule has 0 aromatic carbocycles. The third kappa shape index (κ3) is 3.23. The van der Waals surface area contributed by atoms with Crippen molar-refractivity contribution >= 4 is 7.85 Å². The first-order chi connectivity index (χ1) is 4.59. The van der Waals surface area contributed by atoms with Gasteiger partial charge in [0.2, 0.25) is 0 Å². The largest absolute Gasteiger partial charge is 0.294 e. The molecule has 60 valence electrons. The van der Waals surface area contributed by atoms with Crippen molar-refractivity contribution in [1.29, 1.82) is 0 Å². The smallest absolute Gasteiger partial charge is 0.101 e. The minimum atomic E-state index is 0.602. The van der Waals surface area contributed by atoms with Gasteiger partial charge in [-0.25, -0.2) is 0 Å². The van der Waals surface area contributed by atoms with Gasteiger partial charge in [-0.1, -0.05) is 6.32 Å².